The molecule has 0 bridgehead atoms. The van der Waals surface area contributed by atoms with Crippen LogP contribution in [0.1, 0.15) is 10.4 Å². The summed E-state index contributed by atoms with van der Waals surface area (Å²) in [4.78, 5) is 16.2. The van der Waals surface area contributed by atoms with E-state index in [0.717, 1.165) is 6.26 Å². The first-order valence-electron chi connectivity index (χ1n) is 8.79. The van der Waals surface area contributed by atoms with Crippen molar-refractivity contribution < 1.29 is 18.3 Å². The van der Waals surface area contributed by atoms with Gasteiger partial charge < -0.3 is 5.11 Å². The highest BCUT2D eigenvalue weighted by molar-refractivity contribution is 7.92. The summed E-state index contributed by atoms with van der Waals surface area (Å²) in [5, 5.41) is 14.9. The first-order chi connectivity index (χ1) is 14.7. The highest BCUT2D eigenvalue weighted by atomic mass is 35.5. The standard InChI is InChI=1S/C20H14Cl2N4O4S/c1-31(29,30)25-18-16(20(27)28)19-23-10-14(13-4-2-3-5-15(13)22)17(26(19)24-18)11-6-8-12(21)9-7-11/h2-10H,1H3,(H,24,25)(H,27,28). The fourth-order valence-electron chi connectivity index (χ4n) is 3.19. The van der Waals surface area contributed by atoms with E-state index in [2.05, 4.69) is 14.8 Å². The van der Waals surface area contributed by atoms with Crippen molar-refractivity contribution in [3.63, 3.8) is 0 Å². The quantitative estimate of drug-likeness (QED) is 0.440. The van der Waals surface area contributed by atoms with Crippen LogP contribution in [0, 0.1) is 0 Å². The Balaban J connectivity index is 2.13. The molecule has 158 valence electrons. The molecule has 2 aromatic carbocycles. The van der Waals surface area contributed by atoms with Crippen molar-refractivity contribution in [1.82, 2.24) is 14.6 Å². The monoisotopic (exact) mass is 476 g/mol. The fourth-order valence-corrected chi connectivity index (χ4v) is 4.05. The zero-order valence-corrected chi connectivity index (χ0v) is 18.2. The lowest BCUT2D eigenvalue weighted by atomic mass is 10.0. The molecule has 0 atom stereocenters. The second-order valence-corrected chi connectivity index (χ2v) is 9.24. The van der Waals surface area contributed by atoms with Gasteiger partial charge in [0.25, 0.3) is 0 Å². The summed E-state index contributed by atoms with van der Waals surface area (Å²) in [6.45, 7) is 0. The van der Waals surface area contributed by atoms with Gasteiger partial charge in [0.1, 0.15) is 5.56 Å². The summed E-state index contributed by atoms with van der Waals surface area (Å²) in [5.74, 6) is -1.71. The number of nitrogens with one attached hydrogen (secondary N) is 1. The molecule has 0 saturated carbocycles. The Labute approximate surface area is 187 Å². The predicted molar refractivity (Wildman–Crippen MR) is 119 cm³/mol. The van der Waals surface area contributed by atoms with Gasteiger partial charge in [-0.1, -0.05) is 53.5 Å². The molecule has 2 aromatic heterocycles. The number of fused-ring (bicyclic) bond motifs is 1. The van der Waals surface area contributed by atoms with Crippen LogP contribution in [0.2, 0.25) is 10.0 Å². The first kappa shape index (κ1) is 21.1. The van der Waals surface area contributed by atoms with Gasteiger partial charge in [-0.15, -0.1) is 5.10 Å². The predicted octanol–water partition coefficient (Wildman–Crippen LogP) is 4.44. The topological polar surface area (TPSA) is 114 Å². The minimum Gasteiger partial charge on any atom is -0.477 e. The Morgan fingerprint density at radius 3 is 2.35 bits per heavy atom. The van der Waals surface area contributed by atoms with E-state index in [9.17, 15) is 18.3 Å². The molecule has 8 nitrogen and oxygen atoms in total. The molecular weight excluding hydrogens is 463 g/mol. The zero-order valence-electron chi connectivity index (χ0n) is 15.9. The summed E-state index contributed by atoms with van der Waals surface area (Å²) in [7, 11) is -3.79. The Kier molecular flexibility index (Phi) is 5.34. The number of aromatic nitrogens is 3. The Morgan fingerprint density at radius 1 is 1.06 bits per heavy atom. The number of anilines is 1. The second-order valence-electron chi connectivity index (χ2n) is 6.65. The Morgan fingerprint density at radius 2 is 1.74 bits per heavy atom. The number of benzene rings is 2. The van der Waals surface area contributed by atoms with Gasteiger partial charge in [-0.05, 0) is 18.2 Å². The maximum absolute atomic E-state index is 11.9. The van der Waals surface area contributed by atoms with Crippen LogP contribution in [0.4, 0.5) is 5.82 Å². The number of carboxylic acids is 1. The van der Waals surface area contributed by atoms with E-state index >= 15 is 0 Å². The molecule has 4 aromatic rings. The molecule has 0 amide bonds. The van der Waals surface area contributed by atoms with Crippen molar-refractivity contribution in [3.8, 4) is 22.4 Å². The minimum atomic E-state index is -3.79. The second kappa shape index (κ2) is 7.84. The third-order valence-corrected chi connectivity index (χ3v) is 5.57. The van der Waals surface area contributed by atoms with E-state index in [-0.39, 0.29) is 17.0 Å². The number of halogens is 2. The van der Waals surface area contributed by atoms with Crippen molar-refractivity contribution in [2.45, 2.75) is 0 Å². The zero-order chi connectivity index (χ0) is 22.3. The number of aromatic carboxylic acids is 1. The SMILES string of the molecule is CS(=O)(=O)Nc1nn2c(-c3ccc(Cl)cc3)c(-c3ccccc3Cl)cnc2c1C(=O)O. The van der Waals surface area contributed by atoms with Crippen LogP contribution in [-0.2, 0) is 10.0 Å². The van der Waals surface area contributed by atoms with Crippen molar-refractivity contribution in [1.29, 1.82) is 0 Å². The third-order valence-electron chi connectivity index (χ3n) is 4.42. The van der Waals surface area contributed by atoms with Gasteiger partial charge in [0, 0.05) is 32.9 Å². The fraction of sp³-hybridized carbons (Fsp3) is 0.0500. The molecule has 2 heterocycles. The van der Waals surface area contributed by atoms with E-state index in [1.54, 1.807) is 48.5 Å². The van der Waals surface area contributed by atoms with Crippen LogP contribution < -0.4 is 4.72 Å². The number of sulfonamides is 1. The van der Waals surface area contributed by atoms with Gasteiger partial charge >= 0.3 is 5.97 Å². The van der Waals surface area contributed by atoms with E-state index in [4.69, 9.17) is 23.2 Å². The van der Waals surface area contributed by atoms with Crippen LogP contribution in [0.5, 0.6) is 0 Å². The highest BCUT2D eigenvalue weighted by Gasteiger charge is 2.26. The van der Waals surface area contributed by atoms with E-state index in [1.807, 2.05) is 0 Å². The Hall–Kier alpha value is -3.14. The number of carbonyl (C=O) groups is 1. The molecule has 0 radical (unpaired) electrons. The third kappa shape index (κ3) is 4.07. The summed E-state index contributed by atoms with van der Waals surface area (Å²) in [6, 6.07) is 13.9. The first-order valence-corrected chi connectivity index (χ1v) is 11.4. The smallest absolute Gasteiger partial charge is 0.343 e. The maximum atomic E-state index is 11.9. The van der Waals surface area contributed by atoms with Crippen LogP contribution in [0.3, 0.4) is 0 Å². The molecule has 2 N–H and O–H groups in total. The van der Waals surface area contributed by atoms with Crippen LogP contribution in [0.15, 0.2) is 54.7 Å². The van der Waals surface area contributed by atoms with Crippen molar-refractivity contribution in [2.24, 2.45) is 0 Å². The average molecular weight is 477 g/mol. The van der Waals surface area contributed by atoms with Gasteiger partial charge in [0.2, 0.25) is 10.0 Å². The number of nitrogens with zero attached hydrogens (tertiary/aromatic N) is 3. The van der Waals surface area contributed by atoms with Crippen LogP contribution in [0.25, 0.3) is 28.0 Å². The summed E-state index contributed by atoms with van der Waals surface area (Å²) in [5.41, 5.74) is 1.95. The molecule has 0 spiro atoms. The lowest BCUT2D eigenvalue weighted by molar-refractivity contribution is 0.0700. The molecule has 0 aliphatic rings. The molecule has 0 fully saturated rings. The van der Waals surface area contributed by atoms with Gasteiger partial charge in [0.05, 0.1) is 11.9 Å². The summed E-state index contributed by atoms with van der Waals surface area (Å²) >= 11 is 12.4. The molecular formula is C20H14Cl2N4O4S. The van der Waals surface area contributed by atoms with Crippen molar-refractivity contribution in [3.05, 3.63) is 70.3 Å². The van der Waals surface area contributed by atoms with Gasteiger partial charge in [-0.3, -0.25) is 4.72 Å². The molecule has 0 unspecified atom stereocenters. The van der Waals surface area contributed by atoms with Gasteiger partial charge in [0.15, 0.2) is 11.5 Å². The molecule has 0 aliphatic heterocycles. The van der Waals surface area contributed by atoms with Crippen LogP contribution >= 0.6 is 23.2 Å². The van der Waals surface area contributed by atoms with E-state index < -0.39 is 16.0 Å². The molecule has 4 rings (SSSR count). The van der Waals surface area contributed by atoms with Crippen LogP contribution in [-0.4, -0.2) is 40.3 Å². The van der Waals surface area contributed by atoms with E-state index in [1.165, 1.54) is 10.7 Å². The molecule has 0 saturated heterocycles. The summed E-state index contributed by atoms with van der Waals surface area (Å²) in [6.07, 6.45) is 2.39. The lowest BCUT2D eigenvalue weighted by Crippen LogP contribution is -2.12. The largest absolute Gasteiger partial charge is 0.477 e. The maximum Gasteiger partial charge on any atom is 0.343 e. The minimum absolute atomic E-state index is 0.0283. The number of rotatable bonds is 5. The lowest BCUT2D eigenvalue weighted by Gasteiger charge is -2.13. The normalized spacial score (nSPS) is 11.6. The average Bonchev–Trinajstić information content (AvgIpc) is 3.04. The molecule has 31 heavy (non-hydrogen) atoms. The van der Waals surface area contributed by atoms with Crippen molar-refractivity contribution >= 4 is 50.7 Å². The molecule has 11 heteroatoms. The van der Waals surface area contributed by atoms with E-state index in [0.29, 0.717) is 32.4 Å². The Bertz CT molecular complexity index is 1430. The summed E-state index contributed by atoms with van der Waals surface area (Å²) < 4.78 is 27.0. The van der Waals surface area contributed by atoms with Crippen molar-refractivity contribution in [2.75, 3.05) is 11.0 Å². The highest BCUT2D eigenvalue weighted by Crippen LogP contribution is 2.37. The number of carboxylic acid groups (broad SMARTS) is 1. The number of hydrogen-bond donors (Lipinski definition) is 2. The number of hydrogen-bond acceptors (Lipinski definition) is 5. The van der Waals surface area contributed by atoms with Gasteiger partial charge in [-0.2, -0.15) is 0 Å². The molecule has 0 aliphatic carbocycles. The van der Waals surface area contributed by atoms with Gasteiger partial charge in [-0.25, -0.2) is 22.7 Å².